The summed E-state index contributed by atoms with van der Waals surface area (Å²) < 4.78 is 27.8. The number of hydrogen-bond donors (Lipinski definition) is 0. The summed E-state index contributed by atoms with van der Waals surface area (Å²) in [6.45, 7) is 0. The molecule has 1 nitrogen and oxygen atoms in total. The molecule has 0 amide bonds. The second kappa shape index (κ2) is 5.74. The van der Waals surface area contributed by atoms with E-state index in [2.05, 4.69) is 0 Å². The van der Waals surface area contributed by atoms with E-state index >= 15 is 0 Å². The van der Waals surface area contributed by atoms with Gasteiger partial charge in [-0.05, 0) is 0 Å². The molecule has 0 aliphatic heterocycles. The number of carbonyl (C=O) groups is 1. The zero-order chi connectivity index (χ0) is 13.7. The van der Waals surface area contributed by atoms with E-state index in [4.69, 9.17) is 0 Å². The van der Waals surface area contributed by atoms with Crippen molar-refractivity contribution in [3.8, 4) is 0 Å². The van der Waals surface area contributed by atoms with Crippen molar-refractivity contribution in [3.63, 3.8) is 0 Å². The van der Waals surface area contributed by atoms with E-state index in [1.165, 1.54) is 12.1 Å². The van der Waals surface area contributed by atoms with Crippen molar-refractivity contribution in [2.24, 2.45) is 0 Å². The fourth-order valence-corrected chi connectivity index (χ4v) is 1.87. The number of ketones is 1. The van der Waals surface area contributed by atoms with Gasteiger partial charge >= 0.3 is 0 Å². The van der Waals surface area contributed by atoms with Crippen LogP contribution in [0, 0.1) is 0 Å². The van der Waals surface area contributed by atoms with Gasteiger partial charge in [0.2, 0.25) is 0 Å². The average Bonchev–Trinajstić information content (AvgIpc) is 2.47. The van der Waals surface area contributed by atoms with Gasteiger partial charge in [0.25, 0.3) is 5.92 Å². The molecule has 0 N–H and O–H groups in total. The summed E-state index contributed by atoms with van der Waals surface area (Å²) in [6.07, 6.45) is -0.628. The van der Waals surface area contributed by atoms with Gasteiger partial charge in [-0.3, -0.25) is 4.79 Å². The third kappa shape index (κ3) is 3.47. The van der Waals surface area contributed by atoms with Crippen LogP contribution in [0.15, 0.2) is 60.7 Å². The highest BCUT2D eigenvalue weighted by molar-refractivity contribution is 5.95. The molecule has 0 radical (unpaired) electrons. The molecule has 2 aromatic carbocycles. The first-order chi connectivity index (χ1) is 9.09. The molecule has 0 saturated carbocycles. The first-order valence-corrected chi connectivity index (χ1v) is 6.11. The fourth-order valence-electron chi connectivity index (χ4n) is 1.87. The minimum atomic E-state index is -2.97. The van der Waals surface area contributed by atoms with E-state index in [0.717, 1.165) is 0 Å². The van der Waals surface area contributed by atoms with Crippen molar-refractivity contribution in [3.05, 3.63) is 71.8 Å². The van der Waals surface area contributed by atoms with Crippen molar-refractivity contribution in [2.45, 2.75) is 18.8 Å². The highest BCUT2D eigenvalue weighted by Gasteiger charge is 2.31. The molecule has 0 aliphatic rings. The van der Waals surface area contributed by atoms with Gasteiger partial charge in [0.1, 0.15) is 0 Å². The smallest absolute Gasteiger partial charge is 0.273 e. The molecule has 0 fully saturated rings. The van der Waals surface area contributed by atoms with Crippen LogP contribution in [0.25, 0.3) is 0 Å². The van der Waals surface area contributed by atoms with Crippen LogP contribution in [-0.4, -0.2) is 5.78 Å². The molecule has 98 valence electrons. The average molecular weight is 260 g/mol. The molecule has 0 atom stereocenters. The maximum Gasteiger partial charge on any atom is 0.273 e. The molecule has 0 aromatic heterocycles. The van der Waals surface area contributed by atoms with Gasteiger partial charge in [-0.15, -0.1) is 0 Å². The van der Waals surface area contributed by atoms with Gasteiger partial charge in [-0.1, -0.05) is 60.7 Å². The van der Waals surface area contributed by atoms with Gasteiger partial charge in [0.15, 0.2) is 5.78 Å². The zero-order valence-corrected chi connectivity index (χ0v) is 10.4. The topological polar surface area (TPSA) is 17.1 Å². The predicted octanol–water partition coefficient (Wildman–Crippen LogP) is 4.44. The third-order valence-electron chi connectivity index (χ3n) is 2.96. The number of Topliss-reactive ketones (excluding diaryl/α,β-unsaturated/α-hetero) is 1. The van der Waals surface area contributed by atoms with Crippen molar-refractivity contribution in [2.75, 3.05) is 0 Å². The molecule has 2 rings (SSSR count). The normalized spacial score (nSPS) is 11.3. The lowest BCUT2D eigenvalue weighted by Gasteiger charge is -2.16. The molecular formula is C16H14F2O. The van der Waals surface area contributed by atoms with E-state index in [-0.39, 0.29) is 17.8 Å². The van der Waals surface area contributed by atoms with E-state index < -0.39 is 12.3 Å². The van der Waals surface area contributed by atoms with Crippen molar-refractivity contribution >= 4 is 5.78 Å². The lowest BCUT2D eigenvalue weighted by molar-refractivity contribution is -0.0141. The quantitative estimate of drug-likeness (QED) is 0.726. The van der Waals surface area contributed by atoms with E-state index in [9.17, 15) is 13.6 Å². The van der Waals surface area contributed by atoms with Gasteiger partial charge in [-0.2, -0.15) is 0 Å². The Hall–Kier alpha value is -2.03. The van der Waals surface area contributed by atoms with Gasteiger partial charge in [0.05, 0.1) is 0 Å². The van der Waals surface area contributed by atoms with Crippen molar-refractivity contribution < 1.29 is 13.6 Å². The van der Waals surface area contributed by atoms with Crippen molar-refractivity contribution in [1.29, 1.82) is 0 Å². The highest BCUT2D eigenvalue weighted by atomic mass is 19.3. The summed E-state index contributed by atoms with van der Waals surface area (Å²) in [7, 11) is 0. The highest BCUT2D eigenvalue weighted by Crippen LogP contribution is 2.33. The minimum absolute atomic E-state index is 0.0455. The van der Waals surface area contributed by atoms with Gasteiger partial charge in [-0.25, -0.2) is 8.78 Å². The molecular weight excluding hydrogens is 246 g/mol. The summed E-state index contributed by atoms with van der Waals surface area (Å²) in [5.74, 6) is -3.22. The molecule has 2 aromatic rings. The molecule has 0 aliphatic carbocycles. The predicted molar refractivity (Wildman–Crippen MR) is 70.3 cm³/mol. The van der Waals surface area contributed by atoms with Crippen LogP contribution in [0.1, 0.15) is 28.8 Å². The SMILES string of the molecule is O=C(CCC(F)(F)c1ccccc1)c1ccccc1. The molecule has 0 saturated heterocycles. The Morgan fingerprint density at radius 3 is 2.00 bits per heavy atom. The Bertz CT molecular complexity index is 535. The Labute approximate surface area is 110 Å². The Balaban J connectivity index is 2.01. The minimum Gasteiger partial charge on any atom is -0.294 e. The van der Waals surface area contributed by atoms with Crippen LogP contribution < -0.4 is 0 Å². The number of benzene rings is 2. The summed E-state index contributed by atoms with van der Waals surface area (Å²) in [5, 5.41) is 0. The molecule has 3 heteroatoms. The second-order valence-electron chi connectivity index (χ2n) is 4.36. The molecule has 0 heterocycles. The van der Waals surface area contributed by atoms with Crippen LogP contribution >= 0.6 is 0 Å². The zero-order valence-electron chi connectivity index (χ0n) is 10.4. The van der Waals surface area contributed by atoms with Crippen LogP contribution in [0.5, 0.6) is 0 Å². The Morgan fingerprint density at radius 2 is 1.42 bits per heavy atom. The van der Waals surface area contributed by atoms with E-state index in [1.807, 2.05) is 0 Å². The van der Waals surface area contributed by atoms with E-state index in [0.29, 0.717) is 5.56 Å². The molecule has 0 unspecified atom stereocenters. The second-order valence-corrected chi connectivity index (χ2v) is 4.36. The first kappa shape index (κ1) is 13.4. The van der Waals surface area contributed by atoms with Crippen molar-refractivity contribution in [1.82, 2.24) is 0 Å². The summed E-state index contributed by atoms with van der Waals surface area (Å²) in [4.78, 5) is 11.8. The largest absolute Gasteiger partial charge is 0.294 e. The third-order valence-corrected chi connectivity index (χ3v) is 2.96. The number of carbonyl (C=O) groups excluding carboxylic acids is 1. The number of halogens is 2. The molecule has 0 bridgehead atoms. The first-order valence-electron chi connectivity index (χ1n) is 6.11. The van der Waals surface area contributed by atoms with Crippen LogP contribution in [0.4, 0.5) is 8.78 Å². The molecule has 19 heavy (non-hydrogen) atoms. The lowest BCUT2D eigenvalue weighted by Crippen LogP contribution is -2.15. The van der Waals surface area contributed by atoms with Gasteiger partial charge < -0.3 is 0 Å². The van der Waals surface area contributed by atoms with E-state index in [1.54, 1.807) is 48.5 Å². The standard InChI is InChI=1S/C16H14F2O/c17-16(18,14-9-5-2-6-10-14)12-11-15(19)13-7-3-1-4-8-13/h1-10H,11-12H2. The summed E-state index contributed by atoms with van der Waals surface area (Å²) in [5.41, 5.74) is 0.433. The number of alkyl halides is 2. The molecule has 0 spiro atoms. The van der Waals surface area contributed by atoms with Gasteiger partial charge in [0, 0.05) is 24.0 Å². The Morgan fingerprint density at radius 1 is 0.895 bits per heavy atom. The number of hydrogen-bond acceptors (Lipinski definition) is 1. The summed E-state index contributed by atoms with van der Waals surface area (Å²) in [6, 6.07) is 16.1. The fraction of sp³-hybridized carbons (Fsp3) is 0.188. The number of rotatable bonds is 5. The van der Waals surface area contributed by atoms with Crippen LogP contribution in [0.2, 0.25) is 0 Å². The lowest BCUT2D eigenvalue weighted by atomic mass is 9.99. The van der Waals surface area contributed by atoms with Crippen LogP contribution in [-0.2, 0) is 5.92 Å². The monoisotopic (exact) mass is 260 g/mol. The Kier molecular flexibility index (Phi) is 4.05. The maximum atomic E-state index is 13.9. The van der Waals surface area contributed by atoms with Crippen LogP contribution in [0.3, 0.4) is 0 Å². The summed E-state index contributed by atoms with van der Waals surface area (Å²) >= 11 is 0. The maximum absolute atomic E-state index is 13.9.